The number of pyridine rings is 1. The van der Waals surface area contributed by atoms with Gasteiger partial charge >= 0.3 is 0 Å². The van der Waals surface area contributed by atoms with Crippen molar-refractivity contribution >= 4 is 11.8 Å². The zero-order valence-electron chi connectivity index (χ0n) is 9.57. The van der Waals surface area contributed by atoms with Crippen molar-refractivity contribution in [3.05, 3.63) is 30.1 Å². The summed E-state index contributed by atoms with van der Waals surface area (Å²) < 4.78 is 0. The monoisotopic (exact) mass is 224 g/mol. The number of rotatable bonds is 7. The molecule has 0 aliphatic rings. The van der Waals surface area contributed by atoms with Gasteiger partial charge in [0.15, 0.2) is 0 Å². The second kappa shape index (κ2) is 7.71. The van der Waals surface area contributed by atoms with Crippen LogP contribution in [-0.2, 0) is 0 Å². The second-order valence-electron chi connectivity index (χ2n) is 3.63. The molecule has 0 spiro atoms. The van der Waals surface area contributed by atoms with Crippen LogP contribution in [0.25, 0.3) is 0 Å². The SMILES string of the molecule is CSCCCCNC(C)c1ccccn1. The fourth-order valence-electron chi connectivity index (χ4n) is 1.43. The maximum atomic E-state index is 4.33. The van der Waals surface area contributed by atoms with Gasteiger partial charge in [0.1, 0.15) is 0 Å². The second-order valence-corrected chi connectivity index (χ2v) is 4.62. The normalized spacial score (nSPS) is 12.7. The van der Waals surface area contributed by atoms with E-state index in [2.05, 4.69) is 29.5 Å². The third-order valence-electron chi connectivity index (χ3n) is 2.36. The van der Waals surface area contributed by atoms with Gasteiger partial charge in [-0.15, -0.1) is 0 Å². The number of thioether (sulfide) groups is 1. The molecule has 0 fully saturated rings. The molecule has 0 bridgehead atoms. The molecule has 1 aromatic heterocycles. The number of hydrogen-bond acceptors (Lipinski definition) is 3. The van der Waals surface area contributed by atoms with Gasteiger partial charge in [0.05, 0.1) is 5.69 Å². The summed E-state index contributed by atoms with van der Waals surface area (Å²) in [5, 5.41) is 3.49. The fourth-order valence-corrected chi connectivity index (χ4v) is 1.92. The summed E-state index contributed by atoms with van der Waals surface area (Å²) in [5.41, 5.74) is 1.13. The quantitative estimate of drug-likeness (QED) is 0.721. The van der Waals surface area contributed by atoms with Gasteiger partial charge in [-0.25, -0.2) is 0 Å². The van der Waals surface area contributed by atoms with Crippen molar-refractivity contribution < 1.29 is 0 Å². The molecule has 1 unspecified atom stereocenters. The van der Waals surface area contributed by atoms with E-state index in [1.165, 1.54) is 18.6 Å². The lowest BCUT2D eigenvalue weighted by Gasteiger charge is -2.12. The summed E-state index contributed by atoms with van der Waals surface area (Å²) >= 11 is 1.92. The van der Waals surface area contributed by atoms with Gasteiger partial charge < -0.3 is 5.32 Å². The summed E-state index contributed by atoms with van der Waals surface area (Å²) in [6.45, 7) is 3.25. The Balaban J connectivity index is 2.16. The summed E-state index contributed by atoms with van der Waals surface area (Å²) in [6, 6.07) is 6.42. The van der Waals surface area contributed by atoms with Gasteiger partial charge in [0.25, 0.3) is 0 Å². The van der Waals surface area contributed by atoms with Crippen molar-refractivity contribution in [3.8, 4) is 0 Å². The lowest BCUT2D eigenvalue weighted by atomic mass is 10.2. The molecule has 2 nitrogen and oxygen atoms in total. The van der Waals surface area contributed by atoms with Crippen molar-refractivity contribution in [1.82, 2.24) is 10.3 Å². The molecule has 0 saturated carbocycles. The highest BCUT2D eigenvalue weighted by Gasteiger charge is 2.03. The van der Waals surface area contributed by atoms with Gasteiger partial charge in [-0.3, -0.25) is 4.98 Å². The zero-order valence-corrected chi connectivity index (χ0v) is 10.4. The summed E-state index contributed by atoms with van der Waals surface area (Å²) in [4.78, 5) is 4.33. The standard InChI is InChI=1S/C12H20N2S/c1-11(12-7-3-4-9-14-12)13-8-5-6-10-15-2/h3-4,7,9,11,13H,5-6,8,10H2,1-2H3. The van der Waals surface area contributed by atoms with Crippen LogP contribution in [0, 0.1) is 0 Å². The Labute approximate surface area is 96.9 Å². The van der Waals surface area contributed by atoms with Crippen LogP contribution >= 0.6 is 11.8 Å². The Morgan fingerprint density at radius 3 is 2.93 bits per heavy atom. The minimum atomic E-state index is 0.362. The molecular weight excluding hydrogens is 204 g/mol. The van der Waals surface area contributed by atoms with Crippen molar-refractivity contribution in [3.63, 3.8) is 0 Å². The molecule has 1 aromatic rings. The van der Waals surface area contributed by atoms with Crippen molar-refractivity contribution in [2.75, 3.05) is 18.6 Å². The first-order valence-corrected chi connectivity index (χ1v) is 6.87. The zero-order chi connectivity index (χ0) is 10.9. The molecule has 84 valence electrons. The third kappa shape index (κ3) is 5.19. The lowest BCUT2D eigenvalue weighted by Crippen LogP contribution is -2.20. The molecule has 0 radical (unpaired) electrons. The van der Waals surface area contributed by atoms with Crippen LogP contribution in [0.2, 0.25) is 0 Å². The summed E-state index contributed by atoms with van der Waals surface area (Å²) in [5.74, 6) is 1.26. The van der Waals surface area contributed by atoms with Crippen LogP contribution < -0.4 is 5.32 Å². The molecule has 0 aliphatic heterocycles. The Kier molecular flexibility index (Phi) is 6.44. The average Bonchev–Trinajstić information content (AvgIpc) is 2.30. The van der Waals surface area contributed by atoms with Crippen molar-refractivity contribution in [2.24, 2.45) is 0 Å². The predicted molar refractivity (Wildman–Crippen MR) is 68.3 cm³/mol. The van der Waals surface area contributed by atoms with Gasteiger partial charge in [-0.2, -0.15) is 11.8 Å². The van der Waals surface area contributed by atoms with Crippen LogP contribution in [0.5, 0.6) is 0 Å². The number of aromatic nitrogens is 1. The van der Waals surface area contributed by atoms with Crippen molar-refractivity contribution in [1.29, 1.82) is 0 Å². The molecule has 1 N–H and O–H groups in total. The number of nitrogens with one attached hydrogen (secondary N) is 1. The topological polar surface area (TPSA) is 24.9 Å². The molecule has 1 atom stereocenters. The van der Waals surface area contributed by atoms with Crippen LogP contribution in [-0.4, -0.2) is 23.5 Å². The van der Waals surface area contributed by atoms with Crippen molar-refractivity contribution in [2.45, 2.75) is 25.8 Å². The molecular formula is C12H20N2S. The molecule has 0 aromatic carbocycles. The Hall–Kier alpha value is -0.540. The van der Waals surface area contributed by atoms with E-state index in [1.54, 1.807) is 0 Å². The minimum absolute atomic E-state index is 0.362. The number of nitrogens with zero attached hydrogens (tertiary/aromatic N) is 1. The first-order valence-electron chi connectivity index (χ1n) is 5.48. The molecule has 0 saturated heterocycles. The summed E-state index contributed by atoms with van der Waals surface area (Å²) in [7, 11) is 0. The van der Waals surface area contributed by atoms with E-state index in [4.69, 9.17) is 0 Å². The number of hydrogen-bond donors (Lipinski definition) is 1. The van der Waals surface area contributed by atoms with E-state index in [1.807, 2.05) is 30.1 Å². The van der Waals surface area contributed by atoms with Gasteiger partial charge in [-0.1, -0.05) is 6.07 Å². The molecule has 1 heterocycles. The van der Waals surface area contributed by atoms with E-state index < -0.39 is 0 Å². The van der Waals surface area contributed by atoms with Crippen LogP contribution in [0.4, 0.5) is 0 Å². The highest BCUT2D eigenvalue weighted by molar-refractivity contribution is 7.98. The Morgan fingerprint density at radius 2 is 2.27 bits per heavy atom. The fraction of sp³-hybridized carbons (Fsp3) is 0.583. The van der Waals surface area contributed by atoms with Gasteiger partial charge in [0, 0.05) is 12.2 Å². The summed E-state index contributed by atoms with van der Waals surface area (Å²) in [6.07, 6.45) is 6.55. The van der Waals surface area contributed by atoms with E-state index in [9.17, 15) is 0 Å². The average molecular weight is 224 g/mol. The Bertz CT molecular complexity index is 251. The van der Waals surface area contributed by atoms with Crippen LogP contribution in [0.1, 0.15) is 31.5 Å². The lowest BCUT2D eigenvalue weighted by molar-refractivity contribution is 0.545. The smallest absolute Gasteiger partial charge is 0.0570 e. The first kappa shape index (κ1) is 12.5. The largest absolute Gasteiger partial charge is 0.309 e. The third-order valence-corrected chi connectivity index (χ3v) is 3.05. The molecule has 1 rings (SSSR count). The van der Waals surface area contributed by atoms with Gasteiger partial charge in [0.2, 0.25) is 0 Å². The van der Waals surface area contributed by atoms with Crippen LogP contribution in [0.3, 0.4) is 0 Å². The van der Waals surface area contributed by atoms with E-state index in [0.717, 1.165) is 12.2 Å². The minimum Gasteiger partial charge on any atom is -0.309 e. The van der Waals surface area contributed by atoms with Gasteiger partial charge in [-0.05, 0) is 50.5 Å². The molecule has 0 aliphatic carbocycles. The molecule has 15 heavy (non-hydrogen) atoms. The van der Waals surface area contributed by atoms with E-state index in [0.29, 0.717) is 6.04 Å². The highest BCUT2D eigenvalue weighted by atomic mass is 32.2. The Morgan fingerprint density at radius 1 is 1.40 bits per heavy atom. The molecule has 0 amide bonds. The maximum Gasteiger partial charge on any atom is 0.0570 e. The predicted octanol–water partition coefficient (Wildman–Crippen LogP) is 2.88. The molecule has 3 heteroatoms. The van der Waals surface area contributed by atoms with E-state index >= 15 is 0 Å². The van der Waals surface area contributed by atoms with E-state index in [-0.39, 0.29) is 0 Å². The first-order chi connectivity index (χ1) is 7.34. The maximum absolute atomic E-state index is 4.33. The number of unbranched alkanes of at least 4 members (excludes halogenated alkanes) is 1. The van der Waals surface area contributed by atoms with Crippen LogP contribution in [0.15, 0.2) is 24.4 Å². The highest BCUT2D eigenvalue weighted by Crippen LogP contribution is 2.07.